The summed E-state index contributed by atoms with van der Waals surface area (Å²) in [6.07, 6.45) is -6.98. The molecular formula is C22H30F6N4O6S. The topological polar surface area (TPSA) is 139 Å². The lowest BCUT2D eigenvalue weighted by Gasteiger charge is -2.22. The van der Waals surface area contributed by atoms with Gasteiger partial charge in [0.05, 0.1) is 9.82 Å². The van der Waals surface area contributed by atoms with Crippen molar-refractivity contribution in [3.8, 4) is 0 Å². The molecule has 10 nitrogen and oxygen atoms in total. The van der Waals surface area contributed by atoms with Gasteiger partial charge in [-0.25, -0.2) is 8.42 Å². The maximum Gasteiger partial charge on any atom is 0.471 e. The summed E-state index contributed by atoms with van der Waals surface area (Å²) >= 11 is 0. The van der Waals surface area contributed by atoms with E-state index in [1.165, 1.54) is 4.31 Å². The molecule has 0 fully saturated rings. The number of sulfonamides is 1. The number of nitro groups is 1. The van der Waals surface area contributed by atoms with Gasteiger partial charge in [0.25, 0.3) is 5.69 Å². The number of alkyl halides is 6. The van der Waals surface area contributed by atoms with Crippen molar-refractivity contribution in [3.63, 3.8) is 0 Å². The second-order valence-electron chi connectivity index (χ2n) is 8.49. The number of unbranched alkanes of at least 4 members (excludes halogenated alkanes) is 6. The molecule has 17 heteroatoms. The van der Waals surface area contributed by atoms with E-state index in [1.54, 1.807) is 10.6 Å². The van der Waals surface area contributed by atoms with Crippen LogP contribution in [-0.4, -0.2) is 68.0 Å². The zero-order chi connectivity index (χ0) is 29.7. The molecular weight excluding hydrogens is 562 g/mol. The minimum Gasteiger partial charge on any atom is -0.348 e. The third kappa shape index (κ3) is 12.6. The quantitative estimate of drug-likeness (QED) is 0.121. The van der Waals surface area contributed by atoms with Crippen molar-refractivity contribution in [1.82, 2.24) is 14.9 Å². The lowest BCUT2D eigenvalue weighted by atomic mass is 10.1. The number of amides is 2. The third-order valence-corrected chi connectivity index (χ3v) is 7.35. The van der Waals surface area contributed by atoms with Gasteiger partial charge >= 0.3 is 24.2 Å². The average molecular weight is 593 g/mol. The molecule has 2 amide bonds. The average Bonchev–Trinajstić information content (AvgIpc) is 2.84. The van der Waals surface area contributed by atoms with E-state index in [9.17, 15) is 54.5 Å². The van der Waals surface area contributed by atoms with E-state index >= 15 is 0 Å². The summed E-state index contributed by atoms with van der Waals surface area (Å²) in [5.41, 5.74) is -0.296. The van der Waals surface area contributed by atoms with Gasteiger partial charge in [-0.05, 0) is 37.8 Å². The van der Waals surface area contributed by atoms with Crippen LogP contribution in [0.3, 0.4) is 0 Å². The summed E-state index contributed by atoms with van der Waals surface area (Å²) in [6, 6.07) is 4.31. The van der Waals surface area contributed by atoms with E-state index in [-0.39, 0.29) is 49.6 Å². The Morgan fingerprint density at radius 2 is 1.13 bits per heavy atom. The highest BCUT2D eigenvalue weighted by Crippen LogP contribution is 2.21. The van der Waals surface area contributed by atoms with Gasteiger partial charge in [0, 0.05) is 38.3 Å². The zero-order valence-corrected chi connectivity index (χ0v) is 21.6. The van der Waals surface area contributed by atoms with Crippen molar-refractivity contribution in [3.05, 3.63) is 34.4 Å². The van der Waals surface area contributed by atoms with Crippen molar-refractivity contribution in [2.75, 3.05) is 26.2 Å². The van der Waals surface area contributed by atoms with Gasteiger partial charge in [-0.15, -0.1) is 0 Å². The number of benzene rings is 1. The minimum absolute atomic E-state index is 0.0515. The van der Waals surface area contributed by atoms with Crippen LogP contribution in [0, 0.1) is 10.1 Å². The zero-order valence-electron chi connectivity index (χ0n) is 20.8. The van der Waals surface area contributed by atoms with Crippen molar-refractivity contribution in [1.29, 1.82) is 0 Å². The number of carbonyl (C=O) groups is 2. The Bertz CT molecular complexity index is 1010. The second-order valence-corrected chi connectivity index (χ2v) is 10.4. The summed E-state index contributed by atoms with van der Waals surface area (Å²) in [5.74, 6) is -4.07. The predicted molar refractivity (Wildman–Crippen MR) is 127 cm³/mol. The number of nitrogens with one attached hydrogen (secondary N) is 2. The Morgan fingerprint density at radius 3 is 1.49 bits per heavy atom. The first-order chi connectivity index (χ1) is 18.1. The molecule has 1 aromatic carbocycles. The number of rotatable bonds is 17. The lowest BCUT2D eigenvalue weighted by Crippen LogP contribution is -2.37. The summed E-state index contributed by atoms with van der Waals surface area (Å²) in [6.45, 7) is -0.273. The summed E-state index contributed by atoms with van der Waals surface area (Å²) < 4.78 is 101. The molecule has 0 bridgehead atoms. The number of hydrogen-bond donors (Lipinski definition) is 2. The molecule has 0 radical (unpaired) electrons. The van der Waals surface area contributed by atoms with Crippen molar-refractivity contribution in [2.24, 2.45) is 0 Å². The van der Waals surface area contributed by atoms with E-state index in [4.69, 9.17) is 0 Å². The van der Waals surface area contributed by atoms with Crippen LogP contribution >= 0.6 is 0 Å². The highest BCUT2D eigenvalue weighted by Gasteiger charge is 2.38. The fraction of sp³-hybridized carbons (Fsp3) is 0.636. The van der Waals surface area contributed by atoms with E-state index in [1.807, 2.05) is 0 Å². The smallest absolute Gasteiger partial charge is 0.348 e. The van der Waals surface area contributed by atoms with Gasteiger partial charge in [0.1, 0.15) is 0 Å². The van der Waals surface area contributed by atoms with Crippen LogP contribution in [-0.2, 0) is 19.6 Å². The summed E-state index contributed by atoms with van der Waals surface area (Å²) in [7, 11) is -4.05. The molecule has 0 aliphatic rings. The summed E-state index contributed by atoms with van der Waals surface area (Å²) in [4.78, 5) is 31.6. The van der Waals surface area contributed by atoms with Gasteiger partial charge in [-0.1, -0.05) is 25.7 Å². The minimum atomic E-state index is -4.97. The molecule has 0 aromatic heterocycles. The molecule has 0 aliphatic carbocycles. The number of nitrogens with zero attached hydrogens (tertiary/aromatic N) is 2. The fourth-order valence-electron chi connectivity index (χ4n) is 3.38. The van der Waals surface area contributed by atoms with Gasteiger partial charge in [-0.3, -0.25) is 19.7 Å². The molecule has 0 aliphatic heterocycles. The number of nitro benzene ring substituents is 1. The first kappa shape index (κ1) is 34.1. The molecule has 0 saturated carbocycles. The Labute approximate surface area is 221 Å². The molecule has 39 heavy (non-hydrogen) atoms. The van der Waals surface area contributed by atoms with Gasteiger partial charge in [-0.2, -0.15) is 30.6 Å². The number of carbonyl (C=O) groups excluding carboxylic acids is 2. The molecule has 0 heterocycles. The Kier molecular flexibility index (Phi) is 13.6. The first-order valence-corrected chi connectivity index (χ1v) is 13.5. The normalized spacial score (nSPS) is 12.4. The molecule has 1 aromatic rings. The van der Waals surface area contributed by atoms with E-state index < -0.39 is 39.1 Å². The molecule has 0 unspecified atom stereocenters. The maximum atomic E-state index is 13.1. The van der Waals surface area contributed by atoms with Crippen LogP contribution in [0.25, 0.3) is 0 Å². The molecule has 0 atom stereocenters. The molecule has 222 valence electrons. The van der Waals surface area contributed by atoms with Crippen LogP contribution in [0.1, 0.15) is 51.4 Å². The Balaban J connectivity index is 2.62. The fourth-order valence-corrected chi connectivity index (χ4v) is 4.90. The Hall–Kier alpha value is -2.95. The molecule has 1 rings (SSSR count). The monoisotopic (exact) mass is 592 g/mol. The van der Waals surface area contributed by atoms with Crippen LogP contribution in [0.4, 0.5) is 32.0 Å². The second kappa shape index (κ2) is 15.6. The first-order valence-electron chi connectivity index (χ1n) is 12.0. The van der Waals surface area contributed by atoms with Crippen LogP contribution in [0.5, 0.6) is 0 Å². The van der Waals surface area contributed by atoms with Crippen molar-refractivity contribution < 1.29 is 49.3 Å². The largest absolute Gasteiger partial charge is 0.471 e. The van der Waals surface area contributed by atoms with Crippen LogP contribution in [0.15, 0.2) is 29.2 Å². The van der Waals surface area contributed by atoms with Crippen LogP contribution in [0.2, 0.25) is 0 Å². The molecule has 2 N–H and O–H groups in total. The van der Waals surface area contributed by atoms with Crippen molar-refractivity contribution in [2.45, 2.75) is 68.6 Å². The molecule has 0 spiro atoms. The van der Waals surface area contributed by atoms with Gasteiger partial charge in [0.15, 0.2) is 0 Å². The summed E-state index contributed by atoms with van der Waals surface area (Å²) in [5, 5.41) is 14.3. The maximum absolute atomic E-state index is 13.1. The van der Waals surface area contributed by atoms with Gasteiger partial charge in [0.2, 0.25) is 10.0 Å². The van der Waals surface area contributed by atoms with E-state index in [2.05, 4.69) is 0 Å². The van der Waals surface area contributed by atoms with Gasteiger partial charge < -0.3 is 10.6 Å². The SMILES string of the molecule is O=C(NCCCCCCN(CCCCCCNC(=O)C(F)(F)F)S(=O)(=O)c1ccc([N+](=O)[O-])cc1)C(F)(F)F. The predicted octanol–water partition coefficient (Wildman–Crippen LogP) is 4.06. The standard InChI is InChI=1S/C22H30F6N4O6S/c23-21(24,25)19(33)29-13-5-1-3-7-15-31(16-8-4-2-6-14-30-20(34)22(26,27)28)39(37,38)18-11-9-17(10-12-18)32(35)36/h9-12H,1-8,13-16H2,(H,29,33)(H,30,34). The lowest BCUT2D eigenvalue weighted by molar-refractivity contribution is -0.384. The van der Waals surface area contributed by atoms with E-state index in [0.717, 1.165) is 24.3 Å². The van der Waals surface area contributed by atoms with Crippen molar-refractivity contribution >= 4 is 27.5 Å². The van der Waals surface area contributed by atoms with Crippen LogP contribution < -0.4 is 10.6 Å². The Morgan fingerprint density at radius 1 is 0.744 bits per heavy atom. The highest BCUT2D eigenvalue weighted by atomic mass is 32.2. The third-order valence-electron chi connectivity index (χ3n) is 5.44. The number of non-ortho nitro benzene ring substituents is 1. The number of hydrogen-bond acceptors (Lipinski definition) is 6. The number of halogens is 6. The highest BCUT2D eigenvalue weighted by molar-refractivity contribution is 7.89. The van der Waals surface area contributed by atoms with E-state index in [0.29, 0.717) is 38.5 Å². The molecule has 0 saturated heterocycles.